The zero-order valence-electron chi connectivity index (χ0n) is 18.2. The molecule has 1 aromatic carbocycles. The number of hydrogen-bond donors (Lipinski definition) is 1. The van der Waals surface area contributed by atoms with Crippen LogP contribution in [0.4, 0.5) is 0 Å². The first-order valence-corrected chi connectivity index (χ1v) is 10.5. The third kappa shape index (κ3) is 5.97. The Balaban J connectivity index is 0.00000272. The van der Waals surface area contributed by atoms with Gasteiger partial charge in [-0.1, -0.05) is 24.3 Å². The van der Waals surface area contributed by atoms with Crippen molar-refractivity contribution >= 4 is 35.8 Å². The van der Waals surface area contributed by atoms with Crippen molar-refractivity contribution in [1.29, 1.82) is 0 Å². The molecule has 0 aliphatic carbocycles. The van der Waals surface area contributed by atoms with Gasteiger partial charge in [0, 0.05) is 58.5 Å². The lowest BCUT2D eigenvalue weighted by Gasteiger charge is -2.34. The Morgan fingerprint density at radius 1 is 1.26 bits per heavy atom. The molecule has 31 heavy (non-hydrogen) atoms. The quantitative estimate of drug-likeness (QED) is 0.360. The Morgan fingerprint density at radius 3 is 2.68 bits per heavy atom. The maximum Gasteiger partial charge on any atom is 0.222 e. The van der Waals surface area contributed by atoms with Gasteiger partial charge in [-0.3, -0.25) is 14.5 Å². The van der Waals surface area contributed by atoms with E-state index in [4.69, 9.17) is 4.74 Å². The summed E-state index contributed by atoms with van der Waals surface area (Å²) in [5.41, 5.74) is 3.44. The fourth-order valence-electron chi connectivity index (χ4n) is 4.02. The van der Waals surface area contributed by atoms with E-state index in [0.29, 0.717) is 26.1 Å². The van der Waals surface area contributed by atoms with Crippen molar-refractivity contribution in [3.05, 3.63) is 53.3 Å². The van der Waals surface area contributed by atoms with Gasteiger partial charge in [0.1, 0.15) is 6.10 Å². The summed E-state index contributed by atoms with van der Waals surface area (Å²) in [4.78, 5) is 20.4. The molecular weight excluding hydrogens is 507 g/mol. The second-order valence-electron chi connectivity index (χ2n) is 7.89. The number of hydrogen-bond acceptors (Lipinski definition) is 4. The summed E-state index contributed by atoms with van der Waals surface area (Å²) in [6.07, 6.45) is 5.52. The van der Waals surface area contributed by atoms with Gasteiger partial charge in [0.15, 0.2) is 5.96 Å². The molecule has 2 aliphatic rings. The van der Waals surface area contributed by atoms with Crippen molar-refractivity contribution in [1.82, 2.24) is 24.9 Å². The summed E-state index contributed by atoms with van der Waals surface area (Å²) in [5, 5.41) is 7.72. The number of halogens is 1. The maximum absolute atomic E-state index is 11.8. The highest BCUT2D eigenvalue weighted by Crippen LogP contribution is 2.21. The minimum Gasteiger partial charge on any atom is -0.370 e. The van der Waals surface area contributed by atoms with Crippen LogP contribution in [-0.4, -0.2) is 64.7 Å². The lowest BCUT2D eigenvalue weighted by Crippen LogP contribution is -2.47. The predicted molar refractivity (Wildman–Crippen MR) is 130 cm³/mol. The van der Waals surface area contributed by atoms with Crippen molar-refractivity contribution in [3.8, 4) is 0 Å². The van der Waals surface area contributed by atoms with E-state index in [0.717, 1.165) is 37.6 Å². The molecule has 1 amide bonds. The maximum atomic E-state index is 11.8. The first-order chi connectivity index (χ1) is 14.6. The van der Waals surface area contributed by atoms with Gasteiger partial charge in [0.2, 0.25) is 5.91 Å². The summed E-state index contributed by atoms with van der Waals surface area (Å²) in [7, 11) is 3.73. The molecule has 2 fully saturated rings. The van der Waals surface area contributed by atoms with Crippen LogP contribution in [0.5, 0.6) is 0 Å². The van der Waals surface area contributed by atoms with Gasteiger partial charge in [0.25, 0.3) is 0 Å². The number of amides is 1. The van der Waals surface area contributed by atoms with Crippen molar-refractivity contribution in [2.45, 2.75) is 32.0 Å². The van der Waals surface area contributed by atoms with Crippen LogP contribution in [0.15, 0.2) is 41.7 Å². The van der Waals surface area contributed by atoms with E-state index in [-0.39, 0.29) is 36.0 Å². The van der Waals surface area contributed by atoms with E-state index >= 15 is 0 Å². The molecule has 1 unspecified atom stereocenters. The largest absolute Gasteiger partial charge is 0.370 e. The number of guanidine groups is 1. The van der Waals surface area contributed by atoms with Crippen LogP contribution >= 0.6 is 24.0 Å². The van der Waals surface area contributed by atoms with E-state index in [1.807, 2.05) is 31.4 Å². The van der Waals surface area contributed by atoms with Gasteiger partial charge >= 0.3 is 0 Å². The molecule has 1 atom stereocenters. The number of rotatable bonds is 5. The summed E-state index contributed by atoms with van der Waals surface area (Å²) in [6, 6.07) is 8.46. The van der Waals surface area contributed by atoms with Crippen LogP contribution in [0.3, 0.4) is 0 Å². The highest BCUT2D eigenvalue weighted by molar-refractivity contribution is 14.0. The Hall–Kier alpha value is -2.14. The minimum absolute atomic E-state index is 0. The van der Waals surface area contributed by atoms with Gasteiger partial charge in [0.05, 0.1) is 19.3 Å². The van der Waals surface area contributed by atoms with Gasteiger partial charge in [-0.2, -0.15) is 5.10 Å². The normalized spacial score (nSPS) is 19.5. The van der Waals surface area contributed by atoms with Crippen molar-refractivity contribution in [3.63, 3.8) is 0 Å². The molecule has 168 valence electrons. The number of nitrogens with one attached hydrogen (secondary N) is 1. The number of ether oxygens (including phenoxy) is 1. The molecule has 0 radical (unpaired) electrons. The van der Waals surface area contributed by atoms with E-state index in [9.17, 15) is 4.79 Å². The Bertz CT molecular complexity index is 898. The van der Waals surface area contributed by atoms with E-state index in [1.54, 1.807) is 4.68 Å². The first kappa shape index (κ1) is 23.5. The highest BCUT2D eigenvalue weighted by atomic mass is 127. The van der Waals surface area contributed by atoms with E-state index < -0.39 is 0 Å². The zero-order valence-corrected chi connectivity index (χ0v) is 20.5. The van der Waals surface area contributed by atoms with Crippen LogP contribution in [0.2, 0.25) is 0 Å². The van der Waals surface area contributed by atoms with Crippen LogP contribution in [0, 0.1) is 0 Å². The number of aryl methyl sites for hydroxylation is 1. The second-order valence-corrected chi connectivity index (χ2v) is 7.89. The summed E-state index contributed by atoms with van der Waals surface area (Å²) in [5.74, 6) is 1.14. The SMILES string of the molecule is CN=C(NCc1ccc(CN2CCCC2=O)cc1)N1CCOC(c2cnn(C)c2)C1.I. The second kappa shape index (κ2) is 10.9. The third-order valence-electron chi connectivity index (χ3n) is 5.69. The number of carbonyl (C=O) groups excluding carboxylic acids is 1. The standard InChI is InChI=1S/C22H30N6O2.HI/c1-23-22(28-10-11-30-20(16-28)19-13-25-26(2)15-19)24-12-17-5-7-18(8-6-17)14-27-9-3-4-21(27)29;/h5-8,13,15,20H,3-4,9-12,14,16H2,1-2H3,(H,23,24);1H. The molecule has 9 heteroatoms. The number of aromatic nitrogens is 2. The summed E-state index contributed by atoms with van der Waals surface area (Å²) in [6.45, 7) is 4.48. The van der Waals surface area contributed by atoms with Crippen molar-refractivity contribution in [2.24, 2.45) is 12.0 Å². The number of nitrogens with zero attached hydrogens (tertiary/aromatic N) is 5. The number of carbonyl (C=O) groups is 1. The minimum atomic E-state index is -0.00131. The zero-order chi connectivity index (χ0) is 20.9. The van der Waals surface area contributed by atoms with Crippen LogP contribution < -0.4 is 5.32 Å². The topological polar surface area (TPSA) is 75.0 Å². The third-order valence-corrected chi connectivity index (χ3v) is 5.69. The van der Waals surface area contributed by atoms with Gasteiger partial charge < -0.3 is 19.9 Å². The molecule has 2 aromatic rings. The van der Waals surface area contributed by atoms with Crippen LogP contribution in [0.25, 0.3) is 0 Å². The molecule has 3 heterocycles. The number of benzene rings is 1. The molecule has 1 aromatic heterocycles. The fourth-order valence-corrected chi connectivity index (χ4v) is 4.02. The molecule has 1 N–H and O–H groups in total. The van der Waals surface area contributed by atoms with Gasteiger partial charge in [-0.05, 0) is 17.5 Å². The lowest BCUT2D eigenvalue weighted by atomic mass is 10.1. The average molecular weight is 538 g/mol. The molecule has 0 saturated carbocycles. The molecule has 4 rings (SSSR count). The highest BCUT2D eigenvalue weighted by Gasteiger charge is 2.25. The number of morpholine rings is 1. The number of likely N-dealkylation sites (tertiary alicyclic amines) is 1. The molecule has 2 aliphatic heterocycles. The summed E-state index contributed by atoms with van der Waals surface area (Å²) < 4.78 is 7.73. The van der Waals surface area contributed by atoms with Gasteiger partial charge in [-0.15, -0.1) is 24.0 Å². The summed E-state index contributed by atoms with van der Waals surface area (Å²) >= 11 is 0. The molecule has 0 bridgehead atoms. The Morgan fingerprint density at radius 2 is 2.03 bits per heavy atom. The van der Waals surface area contributed by atoms with Crippen molar-refractivity contribution < 1.29 is 9.53 Å². The van der Waals surface area contributed by atoms with Gasteiger partial charge in [-0.25, -0.2) is 0 Å². The van der Waals surface area contributed by atoms with Crippen LogP contribution in [0.1, 0.15) is 35.6 Å². The smallest absolute Gasteiger partial charge is 0.222 e. The molecule has 8 nitrogen and oxygen atoms in total. The fraction of sp³-hybridized carbons (Fsp3) is 0.500. The number of aliphatic imine (C=N–C) groups is 1. The average Bonchev–Trinajstić information content (AvgIpc) is 3.38. The first-order valence-electron chi connectivity index (χ1n) is 10.5. The molecular formula is C22H31IN6O2. The van der Waals surface area contributed by atoms with E-state index in [2.05, 4.69) is 44.6 Å². The molecule has 0 spiro atoms. The predicted octanol–water partition coefficient (Wildman–Crippen LogP) is 2.31. The van der Waals surface area contributed by atoms with Crippen LogP contribution in [-0.2, 0) is 29.7 Å². The van der Waals surface area contributed by atoms with E-state index in [1.165, 1.54) is 11.1 Å². The monoisotopic (exact) mass is 538 g/mol. The lowest BCUT2D eigenvalue weighted by molar-refractivity contribution is -0.128. The molecule has 2 saturated heterocycles. The Labute approximate surface area is 200 Å². The van der Waals surface area contributed by atoms with Crippen molar-refractivity contribution in [2.75, 3.05) is 33.3 Å². The Kier molecular flexibility index (Phi) is 8.30.